The highest BCUT2D eigenvalue weighted by Gasteiger charge is 2.39. The Morgan fingerprint density at radius 2 is 2.03 bits per heavy atom. The van der Waals surface area contributed by atoms with Crippen LogP contribution in [0.3, 0.4) is 0 Å². The summed E-state index contributed by atoms with van der Waals surface area (Å²) < 4.78 is 26.9. The second-order valence-corrected chi connectivity index (χ2v) is 10.6. The predicted molar refractivity (Wildman–Crippen MR) is 119 cm³/mol. The van der Waals surface area contributed by atoms with Crippen LogP contribution in [0.2, 0.25) is 0 Å². The minimum atomic E-state index is -3.40. The number of hydrogen-bond donors (Lipinski definition) is 2. The molecule has 0 amide bonds. The molecule has 0 radical (unpaired) electrons. The van der Waals surface area contributed by atoms with E-state index in [0.717, 1.165) is 17.2 Å². The lowest BCUT2D eigenvalue weighted by molar-refractivity contribution is 0.0266. The summed E-state index contributed by atoms with van der Waals surface area (Å²) in [5.41, 5.74) is -0.0125. The van der Waals surface area contributed by atoms with Gasteiger partial charge in [0.05, 0.1) is 11.6 Å². The number of piperidine rings is 1. The Morgan fingerprint density at radius 3 is 2.65 bits per heavy atom. The number of aliphatic hydroxyl groups is 1. The van der Waals surface area contributed by atoms with Crippen LogP contribution >= 0.6 is 0 Å². The van der Waals surface area contributed by atoms with E-state index in [1.807, 2.05) is 0 Å². The Balaban J connectivity index is 1.63. The Morgan fingerprint density at radius 1 is 1.32 bits per heavy atom. The van der Waals surface area contributed by atoms with Crippen molar-refractivity contribution in [2.24, 2.45) is 0 Å². The highest BCUT2D eigenvalue weighted by atomic mass is 32.2. The van der Waals surface area contributed by atoms with Crippen molar-refractivity contribution in [2.45, 2.75) is 63.6 Å². The van der Waals surface area contributed by atoms with E-state index in [4.69, 9.17) is 0 Å². The van der Waals surface area contributed by atoms with Gasteiger partial charge in [0.2, 0.25) is 16.0 Å². The zero-order chi connectivity index (χ0) is 22.4. The molecule has 4 rings (SSSR count). The predicted octanol–water partition coefficient (Wildman–Crippen LogP) is 1.93. The first-order valence-electron chi connectivity index (χ1n) is 10.6. The maximum Gasteiger partial charge on any atom is 0.255 e. The van der Waals surface area contributed by atoms with Gasteiger partial charge in [-0.3, -0.25) is 9.36 Å². The monoisotopic (exact) mass is 447 g/mol. The van der Waals surface area contributed by atoms with E-state index in [1.54, 1.807) is 30.7 Å². The third kappa shape index (κ3) is 4.11. The number of hydrogen-bond acceptors (Lipinski definition) is 7. The molecule has 9 nitrogen and oxygen atoms in total. The minimum absolute atomic E-state index is 0.0222. The Hall–Kier alpha value is -2.30. The number of rotatable bonds is 5. The maximum atomic E-state index is 13.0. The maximum absolute atomic E-state index is 13.0. The molecule has 0 unspecified atom stereocenters. The molecule has 0 spiro atoms. The van der Waals surface area contributed by atoms with Crippen LogP contribution in [0, 0.1) is 6.92 Å². The summed E-state index contributed by atoms with van der Waals surface area (Å²) in [5, 5.41) is 15.9. The zero-order valence-corrected chi connectivity index (χ0v) is 18.7. The van der Waals surface area contributed by atoms with E-state index in [9.17, 15) is 18.3 Å². The van der Waals surface area contributed by atoms with Gasteiger partial charge < -0.3 is 10.4 Å². The second kappa shape index (κ2) is 7.99. The smallest absolute Gasteiger partial charge is 0.255 e. The normalized spacial score (nSPS) is 25.7. The Labute approximate surface area is 181 Å². The molecule has 2 N–H and O–H groups in total. The lowest BCUT2D eigenvalue weighted by Crippen LogP contribution is -2.41. The molecule has 2 fully saturated rings. The minimum Gasteiger partial charge on any atom is -0.388 e. The average Bonchev–Trinajstić information content (AvgIpc) is 3.08. The summed E-state index contributed by atoms with van der Waals surface area (Å²) in [6, 6.07) is 1.46. The summed E-state index contributed by atoms with van der Waals surface area (Å²) in [6.45, 7) is 7.71. The first-order valence-corrected chi connectivity index (χ1v) is 12.1. The van der Waals surface area contributed by atoms with E-state index >= 15 is 0 Å². The van der Waals surface area contributed by atoms with Crippen molar-refractivity contribution < 1.29 is 13.5 Å². The summed E-state index contributed by atoms with van der Waals surface area (Å²) in [5.74, 6) is 0.396. The Kier molecular flexibility index (Phi) is 5.65. The molecule has 10 heteroatoms. The SMILES string of the molecule is C=CS(=O)(=O)N1CCC(Nc2ncc3cc(C)c(=O)n([C@@H]4CCC[C@@]4(C)O)c3n2)CC1. The molecule has 0 bridgehead atoms. The van der Waals surface area contributed by atoms with Gasteiger partial charge >= 0.3 is 0 Å². The largest absolute Gasteiger partial charge is 0.388 e. The molecule has 0 aromatic carbocycles. The van der Waals surface area contributed by atoms with Gasteiger partial charge in [-0.1, -0.05) is 6.58 Å². The third-order valence-electron chi connectivity index (χ3n) is 6.50. The van der Waals surface area contributed by atoms with Gasteiger partial charge in [-0.05, 0) is 52.0 Å². The van der Waals surface area contributed by atoms with Gasteiger partial charge in [0.15, 0.2) is 0 Å². The first-order chi connectivity index (χ1) is 14.6. The molecule has 31 heavy (non-hydrogen) atoms. The average molecular weight is 448 g/mol. The molecule has 1 aliphatic heterocycles. The fraction of sp³-hybridized carbons (Fsp3) is 0.571. The molecule has 2 aromatic rings. The number of pyridine rings is 1. The number of sulfonamides is 1. The van der Waals surface area contributed by atoms with Crippen molar-refractivity contribution >= 4 is 27.0 Å². The standard InChI is InChI=1S/C21H29N5O4S/c1-4-31(29,30)25-10-7-16(8-11-25)23-20-22-13-15-12-14(2)19(27)26(18(15)24-20)17-6-5-9-21(17,3)28/h4,12-13,16-17,28H,1,5-11H2,2-3H3,(H,22,23,24)/t17-,21-/m1/s1. The van der Waals surface area contributed by atoms with Crippen molar-refractivity contribution in [3.05, 3.63) is 40.2 Å². The topological polar surface area (TPSA) is 117 Å². The quantitative estimate of drug-likeness (QED) is 0.719. The number of nitrogens with one attached hydrogen (secondary N) is 1. The summed E-state index contributed by atoms with van der Waals surface area (Å²) in [7, 11) is -3.40. The lowest BCUT2D eigenvalue weighted by Gasteiger charge is -2.31. The fourth-order valence-electron chi connectivity index (χ4n) is 4.70. The highest BCUT2D eigenvalue weighted by molar-refractivity contribution is 7.92. The van der Waals surface area contributed by atoms with E-state index in [-0.39, 0.29) is 17.6 Å². The number of aromatic nitrogens is 3. The van der Waals surface area contributed by atoms with Crippen LogP contribution in [-0.2, 0) is 10.0 Å². The van der Waals surface area contributed by atoms with Crippen LogP contribution in [0.5, 0.6) is 0 Å². The second-order valence-electron chi connectivity index (χ2n) is 8.77. The molecule has 1 saturated heterocycles. The van der Waals surface area contributed by atoms with Crippen molar-refractivity contribution in [2.75, 3.05) is 18.4 Å². The van der Waals surface area contributed by atoms with Crippen LogP contribution in [-0.4, -0.2) is 57.1 Å². The molecule has 168 valence electrons. The van der Waals surface area contributed by atoms with Gasteiger partial charge in [0, 0.05) is 41.7 Å². The van der Waals surface area contributed by atoms with Crippen molar-refractivity contribution in [1.29, 1.82) is 0 Å². The molecule has 2 atom stereocenters. The van der Waals surface area contributed by atoms with Crippen LogP contribution < -0.4 is 10.9 Å². The Bertz CT molecular complexity index is 1170. The lowest BCUT2D eigenvalue weighted by atomic mass is 9.99. The molecule has 2 aliphatic rings. The highest BCUT2D eigenvalue weighted by Crippen LogP contribution is 2.39. The summed E-state index contributed by atoms with van der Waals surface area (Å²) in [6.07, 6.45) is 5.13. The zero-order valence-electron chi connectivity index (χ0n) is 17.9. The van der Waals surface area contributed by atoms with Crippen LogP contribution in [0.4, 0.5) is 5.95 Å². The van der Waals surface area contributed by atoms with E-state index in [2.05, 4.69) is 21.9 Å². The molecule has 2 aromatic heterocycles. The van der Waals surface area contributed by atoms with Gasteiger partial charge in [-0.25, -0.2) is 13.4 Å². The van der Waals surface area contributed by atoms with Gasteiger partial charge in [-0.2, -0.15) is 9.29 Å². The van der Waals surface area contributed by atoms with Gasteiger partial charge in [0.25, 0.3) is 5.56 Å². The number of fused-ring (bicyclic) bond motifs is 1. The van der Waals surface area contributed by atoms with Crippen molar-refractivity contribution in [3.8, 4) is 0 Å². The first kappa shape index (κ1) is 21.9. The molecular weight excluding hydrogens is 418 g/mol. The summed E-state index contributed by atoms with van der Waals surface area (Å²) in [4.78, 5) is 22.1. The van der Waals surface area contributed by atoms with Crippen molar-refractivity contribution in [3.63, 3.8) is 0 Å². The molecule has 3 heterocycles. The number of nitrogens with zero attached hydrogens (tertiary/aromatic N) is 4. The fourth-order valence-corrected chi connectivity index (χ4v) is 5.63. The van der Waals surface area contributed by atoms with E-state index in [0.29, 0.717) is 55.9 Å². The van der Waals surface area contributed by atoms with Crippen LogP contribution in [0.25, 0.3) is 11.0 Å². The molecule has 1 saturated carbocycles. The van der Waals surface area contributed by atoms with E-state index in [1.165, 1.54) is 4.31 Å². The van der Waals surface area contributed by atoms with Gasteiger partial charge in [0.1, 0.15) is 5.65 Å². The van der Waals surface area contributed by atoms with Crippen LogP contribution in [0.1, 0.15) is 50.6 Å². The van der Waals surface area contributed by atoms with Crippen molar-refractivity contribution in [1.82, 2.24) is 18.8 Å². The molecular formula is C21H29N5O4S. The summed E-state index contributed by atoms with van der Waals surface area (Å²) >= 11 is 0. The van der Waals surface area contributed by atoms with Gasteiger partial charge in [-0.15, -0.1) is 0 Å². The number of anilines is 1. The van der Waals surface area contributed by atoms with Crippen LogP contribution in [0.15, 0.2) is 29.0 Å². The third-order valence-corrected chi connectivity index (χ3v) is 8.01. The van der Waals surface area contributed by atoms with E-state index < -0.39 is 15.6 Å². The molecule has 1 aliphatic carbocycles. The number of aryl methyl sites for hydroxylation is 1.